The van der Waals surface area contributed by atoms with Gasteiger partial charge in [-0.1, -0.05) is 17.3 Å². The fourth-order valence-electron chi connectivity index (χ4n) is 1.83. The zero-order valence-corrected chi connectivity index (χ0v) is 10.8. The molecule has 0 aliphatic carbocycles. The van der Waals surface area contributed by atoms with Crippen molar-refractivity contribution >= 4 is 0 Å². The molecule has 0 aliphatic heterocycles. The number of methoxy groups -OCH3 is 1. The first kappa shape index (κ1) is 12.6. The van der Waals surface area contributed by atoms with Gasteiger partial charge in [0, 0.05) is 6.42 Å². The molecule has 2 aromatic rings. The van der Waals surface area contributed by atoms with Gasteiger partial charge in [-0.2, -0.15) is 0 Å². The lowest BCUT2D eigenvalue weighted by molar-refractivity contribution is 0.0793. The Morgan fingerprint density at radius 1 is 1.33 bits per heavy atom. The van der Waals surface area contributed by atoms with E-state index in [9.17, 15) is 5.11 Å². The Morgan fingerprint density at radius 2 is 2.06 bits per heavy atom. The fourth-order valence-corrected chi connectivity index (χ4v) is 1.83. The number of para-hydroxylation sites is 2. The number of aromatic nitrogens is 3. The van der Waals surface area contributed by atoms with Gasteiger partial charge in [0.15, 0.2) is 0 Å². The molecule has 0 fully saturated rings. The molecule has 96 valence electrons. The van der Waals surface area contributed by atoms with Gasteiger partial charge in [0.1, 0.15) is 11.4 Å². The van der Waals surface area contributed by atoms with Crippen LogP contribution in [-0.2, 0) is 6.42 Å². The summed E-state index contributed by atoms with van der Waals surface area (Å²) in [5.41, 5.74) is 0.852. The van der Waals surface area contributed by atoms with E-state index in [2.05, 4.69) is 10.3 Å². The van der Waals surface area contributed by atoms with Crippen molar-refractivity contribution in [1.29, 1.82) is 0 Å². The monoisotopic (exact) mass is 247 g/mol. The standard InChI is InChI=1S/C13H17N3O2/c1-13(2,17)8-10-9-14-15-16(10)11-6-4-5-7-12(11)18-3/h4-7,9,17H,8H2,1-3H3. The van der Waals surface area contributed by atoms with Crippen molar-refractivity contribution < 1.29 is 9.84 Å². The molecule has 0 aliphatic rings. The third-order valence-electron chi connectivity index (χ3n) is 2.55. The minimum Gasteiger partial charge on any atom is -0.494 e. The molecule has 1 aromatic carbocycles. The summed E-state index contributed by atoms with van der Waals surface area (Å²) in [7, 11) is 1.62. The number of hydrogen-bond donors (Lipinski definition) is 1. The van der Waals surface area contributed by atoms with E-state index in [1.54, 1.807) is 31.8 Å². The predicted molar refractivity (Wildman–Crippen MR) is 67.9 cm³/mol. The van der Waals surface area contributed by atoms with Crippen LogP contribution in [0, 0.1) is 0 Å². The van der Waals surface area contributed by atoms with Gasteiger partial charge < -0.3 is 9.84 Å². The van der Waals surface area contributed by atoms with Gasteiger partial charge in [-0.15, -0.1) is 5.10 Å². The smallest absolute Gasteiger partial charge is 0.144 e. The summed E-state index contributed by atoms with van der Waals surface area (Å²) in [6.45, 7) is 3.51. The molecule has 0 saturated carbocycles. The van der Waals surface area contributed by atoms with E-state index < -0.39 is 5.60 Å². The molecule has 0 unspecified atom stereocenters. The summed E-state index contributed by atoms with van der Waals surface area (Å²) in [5, 5.41) is 17.8. The third-order valence-corrected chi connectivity index (χ3v) is 2.55. The topological polar surface area (TPSA) is 60.2 Å². The Balaban J connectivity index is 2.42. The van der Waals surface area contributed by atoms with E-state index in [0.29, 0.717) is 6.42 Å². The Kier molecular flexibility index (Phi) is 3.34. The normalized spacial score (nSPS) is 11.6. The summed E-state index contributed by atoms with van der Waals surface area (Å²) >= 11 is 0. The highest BCUT2D eigenvalue weighted by atomic mass is 16.5. The van der Waals surface area contributed by atoms with E-state index in [1.165, 1.54) is 0 Å². The molecule has 5 nitrogen and oxygen atoms in total. The Labute approximate surface area is 106 Å². The molecule has 0 amide bonds. The van der Waals surface area contributed by atoms with Gasteiger partial charge in [-0.05, 0) is 26.0 Å². The number of benzene rings is 1. The molecule has 0 bridgehead atoms. The van der Waals surface area contributed by atoms with Gasteiger partial charge in [0.2, 0.25) is 0 Å². The van der Waals surface area contributed by atoms with Crippen LogP contribution in [0.3, 0.4) is 0 Å². The number of ether oxygens (including phenoxy) is 1. The average Bonchev–Trinajstić information content (AvgIpc) is 2.74. The maximum atomic E-state index is 9.89. The molecule has 2 rings (SSSR count). The molecular weight excluding hydrogens is 230 g/mol. The minimum absolute atomic E-state index is 0.470. The van der Waals surface area contributed by atoms with Crippen molar-refractivity contribution in [2.24, 2.45) is 0 Å². The molecule has 0 atom stereocenters. The minimum atomic E-state index is -0.804. The van der Waals surface area contributed by atoms with E-state index in [0.717, 1.165) is 17.1 Å². The zero-order chi connectivity index (χ0) is 13.2. The first-order chi connectivity index (χ1) is 8.51. The second-order valence-corrected chi connectivity index (χ2v) is 4.80. The highest BCUT2D eigenvalue weighted by Crippen LogP contribution is 2.23. The Bertz CT molecular complexity index is 529. The van der Waals surface area contributed by atoms with Crippen LogP contribution in [0.25, 0.3) is 5.69 Å². The quantitative estimate of drug-likeness (QED) is 0.891. The number of rotatable bonds is 4. The largest absolute Gasteiger partial charge is 0.494 e. The number of aliphatic hydroxyl groups is 1. The van der Waals surface area contributed by atoms with Crippen molar-refractivity contribution in [2.75, 3.05) is 7.11 Å². The first-order valence-electron chi connectivity index (χ1n) is 5.76. The van der Waals surface area contributed by atoms with Gasteiger partial charge in [0.25, 0.3) is 0 Å². The fraction of sp³-hybridized carbons (Fsp3) is 0.385. The van der Waals surface area contributed by atoms with Crippen LogP contribution >= 0.6 is 0 Å². The summed E-state index contributed by atoms with van der Waals surface area (Å²) < 4.78 is 6.99. The summed E-state index contributed by atoms with van der Waals surface area (Å²) in [6.07, 6.45) is 2.13. The SMILES string of the molecule is COc1ccccc1-n1nncc1CC(C)(C)O. The summed E-state index contributed by atoms with van der Waals surface area (Å²) in [6, 6.07) is 7.58. The molecule has 1 aromatic heterocycles. The maximum absolute atomic E-state index is 9.89. The van der Waals surface area contributed by atoms with Crippen molar-refractivity contribution in [3.05, 3.63) is 36.2 Å². The average molecular weight is 247 g/mol. The van der Waals surface area contributed by atoms with E-state index in [1.807, 2.05) is 24.3 Å². The van der Waals surface area contributed by atoms with Crippen LogP contribution < -0.4 is 4.74 Å². The molecule has 1 N–H and O–H groups in total. The van der Waals surface area contributed by atoms with Gasteiger partial charge in [0.05, 0.1) is 24.6 Å². The molecule has 0 spiro atoms. The highest BCUT2D eigenvalue weighted by molar-refractivity contribution is 5.46. The maximum Gasteiger partial charge on any atom is 0.144 e. The number of hydrogen-bond acceptors (Lipinski definition) is 4. The van der Waals surface area contributed by atoms with Crippen LogP contribution in [0.5, 0.6) is 5.75 Å². The van der Waals surface area contributed by atoms with Crippen LogP contribution in [0.4, 0.5) is 0 Å². The molecule has 5 heteroatoms. The van der Waals surface area contributed by atoms with Crippen LogP contribution in [0.2, 0.25) is 0 Å². The van der Waals surface area contributed by atoms with E-state index in [-0.39, 0.29) is 0 Å². The van der Waals surface area contributed by atoms with Crippen LogP contribution in [-0.4, -0.2) is 32.8 Å². The summed E-state index contributed by atoms with van der Waals surface area (Å²) in [4.78, 5) is 0. The molecule has 18 heavy (non-hydrogen) atoms. The van der Waals surface area contributed by atoms with Crippen LogP contribution in [0.15, 0.2) is 30.5 Å². The molecule has 0 saturated heterocycles. The van der Waals surface area contributed by atoms with Gasteiger partial charge in [-0.25, -0.2) is 4.68 Å². The zero-order valence-electron chi connectivity index (χ0n) is 10.8. The number of nitrogens with zero attached hydrogens (tertiary/aromatic N) is 3. The first-order valence-corrected chi connectivity index (χ1v) is 5.76. The Morgan fingerprint density at radius 3 is 2.72 bits per heavy atom. The predicted octanol–water partition coefficient (Wildman–Crippen LogP) is 1.59. The second kappa shape index (κ2) is 4.78. The van der Waals surface area contributed by atoms with Crippen LogP contribution in [0.1, 0.15) is 19.5 Å². The third kappa shape index (κ3) is 2.68. The van der Waals surface area contributed by atoms with Crippen molar-refractivity contribution in [1.82, 2.24) is 15.0 Å². The van der Waals surface area contributed by atoms with Gasteiger partial charge in [-0.3, -0.25) is 0 Å². The summed E-state index contributed by atoms with van der Waals surface area (Å²) in [5.74, 6) is 0.722. The second-order valence-electron chi connectivity index (χ2n) is 4.80. The van der Waals surface area contributed by atoms with Crippen molar-refractivity contribution in [3.8, 4) is 11.4 Å². The lowest BCUT2D eigenvalue weighted by atomic mass is 10.0. The highest BCUT2D eigenvalue weighted by Gasteiger charge is 2.19. The van der Waals surface area contributed by atoms with Gasteiger partial charge >= 0.3 is 0 Å². The van der Waals surface area contributed by atoms with E-state index >= 15 is 0 Å². The van der Waals surface area contributed by atoms with Crippen molar-refractivity contribution in [2.45, 2.75) is 25.9 Å². The lowest BCUT2D eigenvalue weighted by Gasteiger charge is -2.17. The Hall–Kier alpha value is -1.88. The molecule has 0 radical (unpaired) electrons. The molecular formula is C13H17N3O2. The van der Waals surface area contributed by atoms with E-state index in [4.69, 9.17) is 4.74 Å². The lowest BCUT2D eigenvalue weighted by Crippen LogP contribution is -2.23. The van der Waals surface area contributed by atoms with Crippen molar-refractivity contribution in [3.63, 3.8) is 0 Å². The molecule has 1 heterocycles.